The van der Waals surface area contributed by atoms with E-state index in [1.807, 2.05) is 19.1 Å². The number of imidazole rings is 1. The van der Waals surface area contributed by atoms with E-state index in [0.29, 0.717) is 42.2 Å². The van der Waals surface area contributed by atoms with E-state index in [1.165, 1.54) is 0 Å². The lowest BCUT2D eigenvalue weighted by Crippen LogP contribution is -2.39. The standard InChI is InChI=1S/C21H27FN6O4S/c1-12-8-14-15(32-11-31-14)9-13(12)10-16-25-17-18(23)26-20(22)27-19(17)28(16)7-5-6-24-33(29,30)21(2,3)4/h8-9,24H,5-7,10-11H2,1-4H3,(H2,23,26,27). The number of rotatable bonds is 7. The van der Waals surface area contributed by atoms with Crippen LogP contribution in [0.2, 0.25) is 0 Å². The fourth-order valence-corrected chi connectivity index (χ4v) is 4.36. The molecule has 33 heavy (non-hydrogen) atoms. The van der Waals surface area contributed by atoms with Crippen molar-refractivity contribution in [2.24, 2.45) is 0 Å². The molecule has 0 radical (unpaired) electrons. The van der Waals surface area contributed by atoms with Crippen molar-refractivity contribution in [3.05, 3.63) is 35.2 Å². The van der Waals surface area contributed by atoms with Gasteiger partial charge in [-0.1, -0.05) is 0 Å². The number of nitrogens with zero attached hydrogens (tertiary/aromatic N) is 4. The largest absolute Gasteiger partial charge is 0.454 e. The van der Waals surface area contributed by atoms with Gasteiger partial charge in [0.05, 0.1) is 4.75 Å². The van der Waals surface area contributed by atoms with Gasteiger partial charge in [0.15, 0.2) is 28.5 Å². The molecule has 10 nitrogen and oxygen atoms in total. The Bertz CT molecular complexity index is 1320. The summed E-state index contributed by atoms with van der Waals surface area (Å²) in [6, 6.07) is 3.80. The molecule has 3 aromatic rings. The second kappa shape index (κ2) is 8.41. The normalized spacial score (nSPS) is 13.7. The molecule has 0 saturated carbocycles. The number of aromatic nitrogens is 4. The molecule has 0 aliphatic carbocycles. The van der Waals surface area contributed by atoms with Crippen molar-refractivity contribution in [1.82, 2.24) is 24.2 Å². The molecule has 0 fully saturated rings. The molecule has 178 valence electrons. The third-order valence-electron chi connectivity index (χ3n) is 5.51. The highest BCUT2D eigenvalue weighted by Gasteiger charge is 2.28. The third-order valence-corrected chi connectivity index (χ3v) is 7.71. The second-order valence-corrected chi connectivity index (χ2v) is 11.4. The monoisotopic (exact) mass is 478 g/mol. The molecule has 0 unspecified atom stereocenters. The Morgan fingerprint density at radius 1 is 1.18 bits per heavy atom. The molecular weight excluding hydrogens is 451 g/mol. The first kappa shape index (κ1) is 23.2. The van der Waals surface area contributed by atoms with Crippen LogP contribution in [0, 0.1) is 13.0 Å². The van der Waals surface area contributed by atoms with Crippen LogP contribution in [-0.2, 0) is 23.0 Å². The quantitative estimate of drug-likeness (QED) is 0.390. The zero-order valence-electron chi connectivity index (χ0n) is 19.0. The first-order chi connectivity index (χ1) is 15.5. The average Bonchev–Trinajstić information content (AvgIpc) is 3.29. The number of ether oxygens (including phenoxy) is 2. The number of hydrogen-bond donors (Lipinski definition) is 2. The summed E-state index contributed by atoms with van der Waals surface area (Å²) in [7, 11) is -3.47. The van der Waals surface area contributed by atoms with Gasteiger partial charge in [0.25, 0.3) is 0 Å². The van der Waals surface area contributed by atoms with Crippen molar-refractivity contribution in [3.8, 4) is 11.5 Å². The van der Waals surface area contributed by atoms with Gasteiger partial charge in [0.2, 0.25) is 16.8 Å². The highest BCUT2D eigenvalue weighted by atomic mass is 32.2. The average molecular weight is 479 g/mol. The van der Waals surface area contributed by atoms with Crippen LogP contribution in [-0.4, -0.2) is 46.0 Å². The van der Waals surface area contributed by atoms with Crippen LogP contribution in [0.25, 0.3) is 11.2 Å². The van der Waals surface area contributed by atoms with Gasteiger partial charge in [-0.2, -0.15) is 14.4 Å². The number of aryl methyl sites for hydroxylation is 2. The van der Waals surface area contributed by atoms with Crippen LogP contribution >= 0.6 is 0 Å². The van der Waals surface area contributed by atoms with E-state index in [-0.39, 0.29) is 24.8 Å². The molecule has 3 N–H and O–H groups in total. The van der Waals surface area contributed by atoms with E-state index >= 15 is 0 Å². The predicted molar refractivity (Wildman–Crippen MR) is 121 cm³/mol. The summed E-state index contributed by atoms with van der Waals surface area (Å²) in [5.41, 5.74) is 8.42. The summed E-state index contributed by atoms with van der Waals surface area (Å²) in [6.45, 7) is 7.60. The Kier molecular flexibility index (Phi) is 5.91. The molecule has 0 spiro atoms. The highest BCUT2D eigenvalue weighted by molar-refractivity contribution is 7.90. The molecule has 1 aromatic carbocycles. The fraction of sp³-hybridized carbons (Fsp3) is 0.476. The number of nitrogens with two attached hydrogens (primary N) is 1. The van der Waals surface area contributed by atoms with Gasteiger partial charge in [-0.3, -0.25) is 0 Å². The topological polar surface area (TPSA) is 134 Å². The fourth-order valence-electron chi connectivity index (χ4n) is 3.52. The minimum absolute atomic E-state index is 0.0478. The molecule has 0 atom stereocenters. The summed E-state index contributed by atoms with van der Waals surface area (Å²) in [5.74, 6) is 1.90. The number of anilines is 1. The van der Waals surface area contributed by atoms with E-state index in [1.54, 1.807) is 25.3 Å². The maximum absolute atomic E-state index is 13.9. The molecule has 3 heterocycles. The van der Waals surface area contributed by atoms with Crippen molar-refractivity contribution in [1.29, 1.82) is 0 Å². The number of hydrogen-bond acceptors (Lipinski definition) is 8. The number of benzene rings is 1. The minimum atomic E-state index is -3.47. The molecule has 1 aliphatic heterocycles. The van der Waals surface area contributed by atoms with E-state index in [0.717, 1.165) is 11.1 Å². The van der Waals surface area contributed by atoms with E-state index in [4.69, 9.17) is 15.2 Å². The van der Waals surface area contributed by atoms with Crippen molar-refractivity contribution in [3.63, 3.8) is 0 Å². The van der Waals surface area contributed by atoms with Gasteiger partial charge in [-0.25, -0.2) is 18.1 Å². The van der Waals surface area contributed by atoms with Gasteiger partial charge in [-0.15, -0.1) is 0 Å². The predicted octanol–water partition coefficient (Wildman–Crippen LogP) is 2.28. The van der Waals surface area contributed by atoms with E-state index in [9.17, 15) is 12.8 Å². The Morgan fingerprint density at radius 3 is 2.58 bits per heavy atom. The van der Waals surface area contributed by atoms with Crippen LogP contribution < -0.4 is 19.9 Å². The number of nitrogens with one attached hydrogen (secondary N) is 1. The molecule has 4 rings (SSSR count). The van der Waals surface area contributed by atoms with Crippen LogP contribution in [0.15, 0.2) is 12.1 Å². The van der Waals surface area contributed by atoms with Crippen LogP contribution in [0.5, 0.6) is 11.5 Å². The zero-order chi connectivity index (χ0) is 24.0. The summed E-state index contributed by atoms with van der Waals surface area (Å²) in [4.78, 5) is 12.1. The minimum Gasteiger partial charge on any atom is -0.454 e. The van der Waals surface area contributed by atoms with Crippen LogP contribution in [0.1, 0.15) is 44.1 Å². The van der Waals surface area contributed by atoms with Gasteiger partial charge in [0.1, 0.15) is 5.82 Å². The maximum atomic E-state index is 13.9. The van der Waals surface area contributed by atoms with Crippen molar-refractivity contribution in [2.45, 2.75) is 51.8 Å². The van der Waals surface area contributed by atoms with Crippen molar-refractivity contribution < 1.29 is 22.3 Å². The Hall–Kier alpha value is -2.99. The lowest BCUT2D eigenvalue weighted by Gasteiger charge is -2.19. The Labute approximate surface area is 191 Å². The lowest BCUT2D eigenvalue weighted by atomic mass is 10.0. The number of sulfonamides is 1. The van der Waals surface area contributed by atoms with Crippen molar-refractivity contribution >= 4 is 27.0 Å². The van der Waals surface area contributed by atoms with E-state index in [2.05, 4.69) is 19.7 Å². The third kappa shape index (κ3) is 4.58. The summed E-state index contributed by atoms with van der Waals surface area (Å²) < 4.78 is 52.9. The first-order valence-corrected chi connectivity index (χ1v) is 12.0. The molecule has 12 heteroatoms. The summed E-state index contributed by atoms with van der Waals surface area (Å²) in [6.07, 6.45) is -0.0899. The molecule has 0 saturated heterocycles. The second-order valence-electron chi connectivity index (χ2n) is 8.90. The highest BCUT2D eigenvalue weighted by Crippen LogP contribution is 2.35. The van der Waals surface area contributed by atoms with Crippen LogP contribution in [0.3, 0.4) is 0 Å². The number of nitrogen functional groups attached to an aromatic ring is 1. The van der Waals surface area contributed by atoms with Gasteiger partial charge < -0.3 is 19.8 Å². The number of halogens is 1. The SMILES string of the molecule is Cc1cc2c(cc1Cc1nc3c(N)nc(F)nc3n1CCCNS(=O)(=O)C(C)(C)C)OCO2. The molecule has 1 aliphatic rings. The molecule has 0 bridgehead atoms. The smallest absolute Gasteiger partial charge is 0.312 e. The molecule has 2 aromatic heterocycles. The summed E-state index contributed by atoms with van der Waals surface area (Å²) >= 11 is 0. The van der Waals surface area contributed by atoms with Gasteiger partial charge in [0, 0.05) is 19.5 Å². The van der Waals surface area contributed by atoms with Crippen molar-refractivity contribution in [2.75, 3.05) is 19.1 Å². The van der Waals surface area contributed by atoms with Gasteiger partial charge in [-0.05, 0) is 57.4 Å². The number of fused-ring (bicyclic) bond motifs is 2. The molecule has 0 amide bonds. The Morgan fingerprint density at radius 2 is 1.88 bits per heavy atom. The lowest BCUT2D eigenvalue weighted by molar-refractivity contribution is 0.174. The van der Waals surface area contributed by atoms with E-state index < -0.39 is 20.8 Å². The maximum Gasteiger partial charge on any atom is 0.312 e. The first-order valence-electron chi connectivity index (χ1n) is 10.5. The van der Waals surface area contributed by atoms with Crippen LogP contribution in [0.4, 0.5) is 10.2 Å². The Balaban J connectivity index is 1.63. The zero-order valence-corrected chi connectivity index (χ0v) is 19.8. The van der Waals surface area contributed by atoms with Gasteiger partial charge >= 0.3 is 6.08 Å². The summed E-state index contributed by atoms with van der Waals surface area (Å²) in [5, 5.41) is 0. The molecular formula is C21H27FN6O4S.